The maximum atomic E-state index is 10.7. The standard InChI is InChI=1S/C17H18ClNO3/c1-10-7-13(16(20)14(8-10)17(2,3)4)12-6-5-11(18)9-15(12)22-19-21/h5-9,20H,1-4H3. The van der Waals surface area contributed by atoms with E-state index in [1.165, 1.54) is 6.07 Å². The summed E-state index contributed by atoms with van der Waals surface area (Å²) in [5, 5.41) is 13.6. The lowest BCUT2D eigenvalue weighted by molar-refractivity contribution is 0.336. The number of nitrogens with zero attached hydrogens (tertiary/aromatic N) is 1. The molecule has 22 heavy (non-hydrogen) atoms. The van der Waals surface area contributed by atoms with Crippen LogP contribution in [0.4, 0.5) is 0 Å². The van der Waals surface area contributed by atoms with Crippen molar-refractivity contribution < 1.29 is 9.94 Å². The monoisotopic (exact) mass is 319 g/mol. The van der Waals surface area contributed by atoms with Gasteiger partial charge < -0.3 is 9.94 Å². The first kappa shape index (κ1) is 16.3. The highest BCUT2D eigenvalue weighted by Crippen LogP contribution is 2.43. The highest BCUT2D eigenvalue weighted by molar-refractivity contribution is 6.30. The molecule has 0 radical (unpaired) electrons. The van der Waals surface area contributed by atoms with Crippen molar-refractivity contribution in [2.24, 2.45) is 5.34 Å². The summed E-state index contributed by atoms with van der Waals surface area (Å²) < 4.78 is 0. The fourth-order valence-electron chi connectivity index (χ4n) is 2.39. The Morgan fingerprint density at radius 3 is 2.41 bits per heavy atom. The molecule has 0 spiro atoms. The Balaban J connectivity index is 2.73. The van der Waals surface area contributed by atoms with E-state index in [1.54, 1.807) is 12.1 Å². The molecular formula is C17H18ClNO3. The second kappa shape index (κ2) is 5.97. The smallest absolute Gasteiger partial charge is 0.170 e. The Bertz CT molecular complexity index is 721. The molecule has 0 amide bonds. The molecule has 0 aliphatic carbocycles. The summed E-state index contributed by atoms with van der Waals surface area (Å²) in [6.45, 7) is 8.03. The molecule has 2 rings (SSSR count). The Morgan fingerprint density at radius 2 is 1.82 bits per heavy atom. The summed E-state index contributed by atoms with van der Waals surface area (Å²) in [6.07, 6.45) is 0. The molecule has 0 saturated carbocycles. The van der Waals surface area contributed by atoms with Crippen LogP contribution in [0.2, 0.25) is 5.02 Å². The van der Waals surface area contributed by atoms with Crippen LogP contribution in [0, 0.1) is 11.8 Å². The van der Waals surface area contributed by atoms with Gasteiger partial charge in [-0.25, -0.2) is 0 Å². The predicted octanol–water partition coefficient (Wildman–Crippen LogP) is 5.38. The quantitative estimate of drug-likeness (QED) is 0.610. The molecule has 5 heteroatoms. The van der Waals surface area contributed by atoms with E-state index < -0.39 is 0 Å². The Kier molecular flexibility index (Phi) is 4.42. The number of hydrogen-bond acceptors (Lipinski definition) is 4. The van der Waals surface area contributed by atoms with Crippen LogP contribution in [0.1, 0.15) is 31.9 Å². The van der Waals surface area contributed by atoms with Gasteiger partial charge >= 0.3 is 0 Å². The van der Waals surface area contributed by atoms with Crippen molar-refractivity contribution >= 4 is 11.6 Å². The lowest BCUT2D eigenvalue weighted by atomic mass is 9.83. The van der Waals surface area contributed by atoms with E-state index in [0.29, 0.717) is 16.1 Å². The van der Waals surface area contributed by atoms with Gasteiger partial charge in [0.1, 0.15) is 5.75 Å². The van der Waals surface area contributed by atoms with Gasteiger partial charge in [0.2, 0.25) is 0 Å². The number of hydrogen-bond donors (Lipinski definition) is 1. The Labute approximate surface area is 134 Å². The van der Waals surface area contributed by atoms with Crippen LogP contribution < -0.4 is 4.84 Å². The zero-order chi connectivity index (χ0) is 16.5. The second-order valence-electron chi connectivity index (χ2n) is 6.26. The number of rotatable bonds is 3. The lowest BCUT2D eigenvalue weighted by Gasteiger charge is -2.23. The molecule has 0 atom stereocenters. The van der Waals surface area contributed by atoms with Gasteiger partial charge in [-0.1, -0.05) is 38.4 Å². The molecule has 0 heterocycles. The van der Waals surface area contributed by atoms with Crippen molar-refractivity contribution in [3.8, 4) is 22.6 Å². The van der Waals surface area contributed by atoms with Gasteiger partial charge in [0.15, 0.2) is 11.1 Å². The van der Waals surface area contributed by atoms with Crippen LogP contribution in [-0.2, 0) is 5.41 Å². The van der Waals surface area contributed by atoms with Crippen molar-refractivity contribution in [3.63, 3.8) is 0 Å². The van der Waals surface area contributed by atoms with Crippen LogP contribution in [0.3, 0.4) is 0 Å². The number of aromatic hydroxyl groups is 1. The summed E-state index contributed by atoms with van der Waals surface area (Å²) in [5.74, 6) is 0.374. The molecule has 2 aromatic rings. The van der Waals surface area contributed by atoms with Crippen molar-refractivity contribution in [2.75, 3.05) is 0 Å². The van der Waals surface area contributed by atoms with Crippen molar-refractivity contribution in [3.05, 3.63) is 51.4 Å². The lowest BCUT2D eigenvalue weighted by Crippen LogP contribution is -2.12. The van der Waals surface area contributed by atoms with Gasteiger partial charge in [-0.3, -0.25) is 0 Å². The number of benzene rings is 2. The maximum Gasteiger partial charge on any atom is 0.170 e. The number of halogens is 1. The van der Waals surface area contributed by atoms with E-state index in [9.17, 15) is 10.0 Å². The third kappa shape index (κ3) is 3.22. The Hall–Kier alpha value is -2.07. The minimum atomic E-state index is -0.221. The largest absolute Gasteiger partial charge is 0.507 e. The molecule has 4 nitrogen and oxygen atoms in total. The average Bonchev–Trinajstić information content (AvgIpc) is 2.41. The first-order chi connectivity index (χ1) is 10.2. The van der Waals surface area contributed by atoms with E-state index in [0.717, 1.165) is 11.1 Å². The van der Waals surface area contributed by atoms with Gasteiger partial charge in [-0.2, -0.15) is 0 Å². The van der Waals surface area contributed by atoms with Crippen LogP contribution in [-0.4, -0.2) is 5.11 Å². The number of phenolic OH excluding ortho intramolecular Hbond substituents is 1. The maximum absolute atomic E-state index is 10.7. The van der Waals surface area contributed by atoms with E-state index in [4.69, 9.17) is 16.4 Å². The molecule has 0 aliphatic heterocycles. The summed E-state index contributed by atoms with van der Waals surface area (Å²) in [5.41, 5.74) is 2.75. The summed E-state index contributed by atoms with van der Waals surface area (Å²) >= 11 is 5.93. The summed E-state index contributed by atoms with van der Waals surface area (Å²) in [4.78, 5) is 15.2. The van der Waals surface area contributed by atoms with Gasteiger partial charge in [0.25, 0.3) is 0 Å². The minimum absolute atomic E-state index is 0.163. The molecule has 0 saturated heterocycles. The average molecular weight is 320 g/mol. The van der Waals surface area contributed by atoms with Crippen molar-refractivity contribution in [1.82, 2.24) is 0 Å². The third-order valence-corrected chi connectivity index (χ3v) is 3.67. The van der Waals surface area contributed by atoms with Crippen LogP contribution in [0.5, 0.6) is 11.5 Å². The fourth-order valence-corrected chi connectivity index (χ4v) is 2.55. The molecule has 2 aromatic carbocycles. The van der Waals surface area contributed by atoms with Gasteiger partial charge in [-0.15, -0.1) is 4.91 Å². The fraction of sp³-hybridized carbons (Fsp3) is 0.294. The zero-order valence-corrected chi connectivity index (χ0v) is 13.7. The molecule has 0 unspecified atom stereocenters. The normalized spacial score (nSPS) is 11.3. The zero-order valence-electron chi connectivity index (χ0n) is 13.0. The van der Waals surface area contributed by atoms with Crippen molar-refractivity contribution in [1.29, 1.82) is 0 Å². The first-order valence-electron chi connectivity index (χ1n) is 6.87. The number of aryl methyl sites for hydroxylation is 1. The second-order valence-corrected chi connectivity index (χ2v) is 6.70. The highest BCUT2D eigenvalue weighted by atomic mass is 35.5. The van der Waals surface area contributed by atoms with Gasteiger partial charge in [0.05, 0.1) is 0 Å². The molecule has 0 fully saturated rings. The minimum Gasteiger partial charge on any atom is -0.507 e. The SMILES string of the molecule is Cc1cc(-c2ccc(Cl)cc2ON=O)c(O)c(C(C)(C)C)c1. The molecule has 0 aromatic heterocycles. The van der Waals surface area contributed by atoms with Crippen molar-refractivity contribution in [2.45, 2.75) is 33.1 Å². The third-order valence-electron chi connectivity index (χ3n) is 3.43. The topological polar surface area (TPSA) is 58.9 Å². The van der Waals surface area contributed by atoms with E-state index >= 15 is 0 Å². The van der Waals surface area contributed by atoms with Gasteiger partial charge in [0, 0.05) is 27.8 Å². The molecular weight excluding hydrogens is 302 g/mol. The summed E-state index contributed by atoms with van der Waals surface area (Å²) in [6, 6.07) is 8.66. The molecule has 1 N–H and O–H groups in total. The first-order valence-corrected chi connectivity index (χ1v) is 7.25. The van der Waals surface area contributed by atoms with E-state index in [-0.39, 0.29) is 16.9 Å². The van der Waals surface area contributed by atoms with Crippen LogP contribution in [0.15, 0.2) is 35.7 Å². The number of phenols is 1. The molecule has 0 bridgehead atoms. The Morgan fingerprint density at radius 1 is 1.14 bits per heavy atom. The van der Waals surface area contributed by atoms with Crippen LogP contribution in [0.25, 0.3) is 11.1 Å². The van der Waals surface area contributed by atoms with Gasteiger partial charge in [-0.05, 0) is 36.1 Å². The summed E-state index contributed by atoms with van der Waals surface area (Å²) in [7, 11) is 0. The van der Waals surface area contributed by atoms with E-state index in [2.05, 4.69) is 5.34 Å². The molecule has 0 aliphatic rings. The predicted molar refractivity (Wildman–Crippen MR) is 88.4 cm³/mol. The van der Waals surface area contributed by atoms with E-state index in [1.807, 2.05) is 39.8 Å². The highest BCUT2D eigenvalue weighted by Gasteiger charge is 2.23. The van der Waals surface area contributed by atoms with Crippen LogP contribution >= 0.6 is 11.6 Å². The molecule has 116 valence electrons.